The van der Waals surface area contributed by atoms with Crippen LogP contribution in [0.3, 0.4) is 0 Å². The Balaban J connectivity index is 1.64. The zero-order valence-corrected chi connectivity index (χ0v) is 18.0. The van der Waals surface area contributed by atoms with Gasteiger partial charge in [0.1, 0.15) is 12.4 Å². The van der Waals surface area contributed by atoms with E-state index < -0.39 is 0 Å². The van der Waals surface area contributed by atoms with Gasteiger partial charge >= 0.3 is 0 Å². The van der Waals surface area contributed by atoms with Crippen molar-refractivity contribution in [2.75, 3.05) is 6.61 Å². The Morgan fingerprint density at radius 2 is 1.70 bits per heavy atom. The molecule has 0 aliphatic carbocycles. The van der Waals surface area contributed by atoms with Crippen LogP contribution in [0, 0.1) is 0 Å². The maximum Gasteiger partial charge on any atom is 0.120 e. The predicted molar refractivity (Wildman–Crippen MR) is 116 cm³/mol. The monoisotopic (exact) mass is 460 g/mol. The van der Waals surface area contributed by atoms with Crippen molar-refractivity contribution in [3.63, 3.8) is 0 Å². The highest BCUT2D eigenvalue weighted by Crippen LogP contribution is 2.29. The van der Waals surface area contributed by atoms with Gasteiger partial charge in [0.15, 0.2) is 0 Å². The Morgan fingerprint density at radius 3 is 2.37 bits per heavy atom. The van der Waals surface area contributed by atoms with Gasteiger partial charge in [-0.25, -0.2) is 4.98 Å². The van der Waals surface area contributed by atoms with Crippen LogP contribution in [0.4, 0.5) is 0 Å². The normalized spacial score (nSPS) is 12.1. The molecule has 3 aromatic rings. The Morgan fingerprint density at radius 1 is 0.963 bits per heavy atom. The topological polar surface area (TPSA) is 27.1 Å². The maximum absolute atomic E-state index is 6.11. The number of ether oxygens (including phenoxy) is 1. The summed E-state index contributed by atoms with van der Waals surface area (Å²) >= 11 is 25.9. The van der Waals surface area contributed by atoms with Gasteiger partial charge in [0, 0.05) is 30.8 Å². The van der Waals surface area contributed by atoms with Gasteiger partial charge in [-0.05, 0) is 29.8 Å². The van der Waals surface area contributed by atoms with Crippen molar-refractivity contribution < 1.29 is 4.74 Å². The van der Waals surface area contributed by atoms with Crippen molar-refractivity contribution in [3.8, 4) is 5.75 Å². The minimum absolute atomic E-state index is 0.197. The Kier molecular flexibility index (Phi) is 7.62. The molecule has 27 heavy (non-hydrogen) atoms. The molecule has 0 fully saturated rings. The maximum atomic E-state index is 6.11. The fraction of sp³-hybridized carbons (Fsp3) is 0.211. The van der Waals surface area contributed by atoms with Crippen LogP contribution in [-0.4, -0.2) is 21.4 Å². The van der Waals surface area contributed by atoms with Crippen LogP contribution in [0.2, 0.25) is 20.1 Å². The van der Waals surface area contributed by atoms with E-state index in [4.69, 9.17) is 51.1 Å². The number of halogens is 4. The summed E-state index contributed by atoms with van der Waals surface area (Å²) < 4.78 is 7.97. The summed E-state index contributed by atoms with van der Waals surface area (Å²) in [4.78, 5) is 4.10. The van der Waals surface area contributed by atoms with E-state index in [1.165, 1.54) is 0 Å². The molecule has 2 aromatic carbocycles. The standard InChI is InChI=1S/C19H16Cl4N2OS/c20-16-3-1-13(7-18(16)22)11-27-15(9-25-6-5-24-12-25)10-26-14-2-4-17(21)19(23)8-14/h1-8,12,15H,9-11H2. The van der Waals surface area contributed by atoms with E-state index in [1.54, 1.807) is 36.4 Å². The van der Waals surface area contributed by atoms with Crippen molar-refractivity contribution in [1.29, 1.82) is 0 Å². The number of hydrogen-bond donors (Lipinski definition) is 0. The first kappa shape index (κ1) is 20.7. The second-order valence-electron chi connectivity index (χ2n) is 5.83. The van der Waals surface area contributed by atoms with E-state index in [9.17, 15) is 0 Å². The van der Waals surface area contributed by atoms with E-state index in [0.29, 0.717) is 32.4 Å². The molecule has 0 aliphatic heterocycles. The van der Waals surface area contributed by atoms with E-state index in [1.807, 2.05) is 35.0 Å². The third-order valence-corrected chi connectivity index (χ3v) is 6.50. The average Bonchev–Trinajstić information content (AvgIpc) is 3.16. The van der Waals surface area contributed by atoms with Crippen LogP contribution in [0.25, 0.3) is 0 Å². The number of benzene rings is 2. The molecule has 142 valence electrons. The first-order chi connectivity index (χ1) is 13.0. The Labute approximate surface area is 182 Å². The van der Waals surface area contributed by atoms with E-state index in [2.05, 4.69) is 4.98 Å². The van der Waals surface area contributed by atoms with Gasteiger partial charge < -0.3 is 9.30 Å². The van der Waals surface area contributed by atoms with Gasteiger partial charge in [-0.1, -0.05) is 52.5 Å². The van der Waals surface area contributed by atoms with Gasteiger partial charge in [-0.3, -0.25) is 0 Å². The second kappa shape index (κ2) is 9.94. The summed E-state index contributed by atoms with van der Waals surface area (Å²) in [5.41, 5.74) is 1.11. The molecule has 1 atom stereocenters. The second-order valence-corrected chi connectivity index (χ2v) is 8.75. The number of aromatic nitrogens is 2. The molecule has 8 heteroatoms. The SMILES string of the molecule is Clc1ccc(CSC(COc2ccc(Cl)c(Cl)c2)Cn2ccnc2)cc1Cl. The third kappa shape index (κ3) is 6.23. The summed E-state index contributed by atoms with van der Waals surface area (Å²) in [6, 6.07) is 11.0. The number of hydrogen-bond acceptors (Lipinski definition) is 3. The molecular weight excluding hydrogens is 446 g/mol. The first-order valence-electron chi connectivity index (χ1n) is 8.10. The van der Waals surface area contributed by atoms with Crippen molar-refractivity contribution in [2.24, 2.45) is 0 Å². The molecule has 0 N–H and O–H groups in total. The molecule has 0 aliphatic rings. The zero-order valence-electron chi connectivity index (χ0n) is 14.1. The highest BCUT2D eigenvalue weighted by atomic mass is 35.5. The van der Waals surface area contributed by atoms with Crippen LogP contribution < -0.4 is 4.74 Å². The highest BCUT2D eigenvalue weighted by molar-refractivity contribution is 7.99. The van der Waals surface area contributed by atoms with Crippen molar-refractivity contribution in [2.45, 2.75) is 17.5 Å². The fourth-order valence-corrected chi connectivity index (χ4v) is 4.04. The fourth-order valence-electron chi connectivity index (χ4n) is 2.38. The lowest BCUT2D eigenvalue weighted by Gasteiger charge is -2.18. The predicted octanol–water partition coefficient (Wildman–Crippen LogP) is 6.88. The van der Waals surface area contributed by atoms with E-state index >= 15 is 0 Å². The molecule has 1 unspecified atom stereocenters. The molecular formula is C19H16Cl4N2OS. The summed E-state index contributed by atoms with van der Waals surface area (Å²) in [6.45, 7) is 1.29. The number of nitrogens with zero attached hydrogens (tertiary/aromatic N) is 2. The summed E-state index contributed by atoms with van der Waals surface area (Å²) in [6.07, 6.45) is 5.50. The quantitative estimate of drug-likeness (QED) is 0.365. The van der Waals surface area contributed by atoms with Crippen LogP contribution in [-0.2, 0) is 12.3 Å². The summed E-state index contributed by atoms with van der Waals surface area (Å²) in [5, 5.41) is 2.30. The molecule has 0 radical (unpaired) electrons. The zero-order chi connectivity index (χ0) is 19.2. The van der Waals surface area contributed by atoms with Crippen LogP contribution >= 0.6 is 58.2 Å². The number of thioether (sulfide) groups is 1. The van der Waals surface area contributed by atoms with Gasteiger partial charge in [0.05, 0.1) is 31.7 Å². The largest absolute Gasteiger partial charge is 0.492 e. The number of rotatable bonds is 8. The number of imidazole rings is 1. The Bertz CT molecular complexity index is 834. The highest BCUT2D eigenvalue weighted by Gasteiger charge is 2.13. The molecule has 3 rings (SSSR count). The minimum Gasteiger partial charge on any atom is -0.492 e. The lowest BCUT2D eigenvalue weighted by molar-refractivity contribution is 0.308. The average molecular weight is 462 g/mol. The van der Waals surface area contributed by atoms with Gasteiger partial charge in [0.25, 0.3) is 0 Å². The summed E-state index contributed by atoms with van der Waals surface area (Å²) in [5.74, 6) is 1.48. The molecule has 0 saturated heterocycles. The van der Waals surface area contributed by atoms with Crippen LogP contribution in [0.5, 0.6) is 5.75 Å². The van der Waals surface area contributed by atoms with E-state index in [0.717, 1.165) is 17.9 Å². The molecule has 3 nitrogen and oxygen atoms in total. The van der Waals surface area contributed by atoms with Crippen molar-refractivity contribution >= 4 is 58.2 Å². The van der Waals surface area contributed by atoms with Gasteiger partial charge in [-0.2, -0.15) is 0 Å². The van der Waals surface area contributed by atoms with Gasteiger partial charge in [0.2, 0.25) is 0 Å². The van der Waals surface area contributed by atoms with Crippen molar-refractivity contribution in [1.82, 2.24) is 9.55 Å². The molecule has 0 bridgehead atoms. The molecule has 1 aromatic heterocycles. The third-order valence-electron chi connectivity index (χ3n) is 3.77. The first-order valence-corrected chi connectivity index (χ1v) is 10.7. The summed E-state index contributed by atoms with van der Waals surface area (Å²) in [7, 11) is 0. The van der Waals surface area contributed by atoms with Crippen LogP contribution in [0.1, 0.15) is 5.56 Å². The lowest BCUT2D eigenvalue weighted by Crippen LogP contribution is -2.20. The molecule has 0 amide bonds. The van der Waals surface area contributed by atoms with E-state index in [-0.39, 0.29) is 5.25 Å². The van der Waals surface area contributed by atoms with Crippen LogP contribution in [0.15, 0.2) is 55.1 Å². The Hall–Kier alpha value is -1.04. The molecule has 0 saturated carbocycles. The minimum atomic E-state index is 0.197. The lowest BCUT2D eigenvalue weighted by atomic mass is 10.2. The molecule has 1 heterocycles. The van der Waals surface area contributed by atoms with Gasteiger partial charge in [-0.15, -0.1) is 11.8 Å². The van der Waals surface area contributed by atoms with Crippen molar-refractivity contribution in [3.05, 3.63) is 80.8 Å². The smallest absolute Gasteiger partial charge is 0.120 e. The molecule has 0 spiro atoms.